The van der Waals surface area contributed by atoms with Crippen molar-refractivity contribution in [3.05, 3.63) is 97.3 Å². The van der Waals surface area contributed by atoms with Gasteiger partial charge in [-0.25, -0.2) is 0 Å². The summed E-state index contributed by atoms with van der Waals surface area (Å²) in [6, 6.07) is 26.6. The molecular formula is C26H22N2O3. The highest BCUT2D eigenvalue weighted by atomic mass is 16.5. The zero-order valence-corrected chi connectivity index (χ0v) is 17.1. The van der Waals surface area contributed by atoms with Crippen molar-refractivity contribution in [1.82, 2.24) is 4.98 Å². The van der Waals surface area contributed by atoms with Crippen molar-refractivity contribution in [2.24, 2.45) is 0 Å². The summed E-state index contributed by atoms with van der Waals surface area (Å²) in [7, 11) is 0. The number of carbonyl (C=O) groups excluding carboxylic acids is 1. The molecule has 0 fully saturated rings. The van der Waals surface area contributed by atoms with Crippen LogP contribution in [0.25, 0.3) is 11.1 Å². The summed E-state index contributed by atoms with van der Waals surface area (Å²) < 4.78 is 12.0. The standard InChI is InChI=1S/C26H22N2O3/c1-2-26(29)28-20-10-14-23(15-11-20)31-25-16-17-27-18-24(25)19-8-12-22(13-9-19)30-21-6-4-3-5-7-21/h3-18H,2H2,1H3,(H,28,29). The van der Waals surface area contributed by atoms with Gasteiger partial charge in [-0.15, -0.1) is 0 Å². The van der Waals surface area contributed by atoms with E-state index in [1.54, 1.807) is 12.4 Å². The van der Waals surface area contributed by atoms with E-state index >= 15 is 0 Å². The molecule has 4 rings (SSSR count). The van der Waals surface area contributed by atoms with Crippen LogP contribution in [-0.2, 0) is 4.79 Å². The van der Waals surface area contributed by atoms with Gasteiger partial charge in [-0.05, 0) is 60.2 Å². The molecule has 0 aliphatic carbocycles. The monoisotopic (exact) mass is 410 g/mol. The molecule has 0 saturated carbocycles. The summed E-state index contributed by atoms with van der Waals surface area (Å²) >= 11 is 0. The van der Waals surface area contributed by atoms with Crippen molar-refractivity contribution in [3.63, 3.8) is 0 Å². The Morgan fingerprint density at radius 1 is 0.806 bits per heavy atom. The second-order valence-electron chi connectivity index (χ2n) is 6.84. The van der Waals surface area contributed by atoms with Gasteiger partial charge in [0.1, 0.15) is 23.0 Å². The predicted octanol–water partition coefficient (Wildman–Crippen LogP) is 6.68. The number of amides is 1. The fourth-order valence-corrected chi connectivity index (χ4v) is 3.00. The lowest BCUT2D eigenvalue weighted by atomic mass is 10.1. The zero-order valence-electron chi connectivity index (χ0n) is 17.1. The van der Waals surface area contributed by atoms with Gasteiger partial charge in [-0.2, -0.15) is 0 Å². The average molecular weight is 410 g/mol. The molecule has 1 N–H and O–H groups in total. The van der Waals surface area contributed by atoms with E-state index in [0.717, 1.165) is 28.3 Å². The van der Waals surface area contributed by atoms with Crippen molar-refractivity contribution in [1.29, 1.82) is 0 Å². The minimum absolute atomic E-state index is 0.0234. The van der Waals surface area contributed by atoms with E-state index in [1.165, 1.54) is 0 Å². The minimum Gasteiger partial charge on any atom is -0.457 e. The number of hydrogen-bond donors (Lipinski definition) is 1. The third kappa shape index (κ3) is 5.28. The number of aromatic nitrogens is 1. The molecule has 5 heteroatoms. The lowest BCUT2D eigenvalue weighted by Crippen LogP contribution is -2.08. The second kappa shape index (κ2) is 9.59. The van der Waals surface area contributed by atoms with Gasteiger partial charge in [-0.3, -0.25) is 9.78 Å². The molecule has 0 radical (unpaired) electrons. The Morgan fingerprint density at radius 3 is 2.16 bits per heavy atom. The van der Waals surface area contributed by atoms with E-state index in [-0.39, 0.29) is 5.91 Å². The summed E-state index contributed by atoms with van der Waals surface area (Å²) in [5, 5.41) is 2.83. The summed E-state index contributed by atoms with van der Waals surface area (Å²) in [5.74, 6) is 2.89. The highest BCUT2D eigenvalue weighted by Crippen LogP contribution is 2.34. The molecule has 4 aromatic rings. The lowest BCUT2D eigenvalue weighted by Gasteiger charge is -2.12. The van der Waals surface area contributed by atoms with Gasteiger partial charge < -0.3 is 14.8 Å². The number of pyridine rings is 1. The van der Waals surface area contributed by atoms with Crippen LogP contribution in [0.5, 0.6) is 23.0 Å². The van der Waals surface area contributed by atoms with Crippen LogP contribution in [0.1, 0.15) is 13.3 Å². The Bertz CT molecular complexity index is 1140. The van der Waals surface area contributed by atoms with Crippen LogP contribution in [0.4, 0.5) is 5.69 Å². The molecule has 1 heterocycles. The van der Waals surface area contributed by atoms with Gasteiger partial charge >= 0.3 is 0 Å². The summed E-state index contributed by atoms with van der Waals surface area (Å²) in [4.78, 5) is 15.8. The Kier molecular flexibility index (Phi) is 6.24. The normalized spacial score (nSPS) is 10.4. The summed E-state index contributed by atoms with van der Waals surface area (Å²) in [6.45, 7) is 1.82. The minimum atomic E-state index is -0.0234. The van der Waals surface area contributed by atoms with Gasteiger partial charge in [0.15, 0.2) is 0 Å². The molecule has 0 bridgehead atoms. The zero-order chi connectivity index (χ0) is 21.5. The van der Waals surface area contributed by atoms with Gasteiger partial charge in [0.05, 0.1) is 0 Å². The number of rotatable bonds is 7. The molecule has 1 amide bonds. The van der Waals surface area contributed by atoms with E-state index in [0.29, 0.717) is 17.9 Å². The van der Waals surface area contributed by atoms with Crippen molar-refractivity contribution < 1.29 is 14.3 Å². The first-order chi connectivity index (χ1) is 15.2. The highest BCUT2D eigenvalue weighted by molar-refractivity contribution is 5.90. The molecule has 0 spiro atoms. The van der Waals surface area contributed by atoms with Gasteiger partial charge in [0, 0.05) is 30.1 Å². The van der Waals surface area contributed by atoms with Crippen LogP contribution in [0.3, 0.4) is 0 Å². The molecule has 0 unspecified atom stereocenters. The van der Waals surface area contributed by atoms with Crippen molar-refractivity contribution in [2.75, 3.05) is 5.32 Å². The maximum atomic E-state index is 11.5. The molecule has 154 valence electrons. The topological polar surface area (TPSA) is 60.5 Å². The molecule has 31 heavy (non-hydrogen) atoms. The first-order valence-corrected chi connectivity index (χ1v) is 10.1. The van der Waals surface area contributed by atoms with Crippen molar-refractivity contribution in [3.8, 4) is 34.1 Å². The largest absolute Gasteiger partial charge is 0.457 e. The van der Waals surface area contributed by atoms with Crippen LogP contribution >= 0.6 is 0 Å². The molecule has 1 aromatic heterocycles. The van der Waals surface area contributed by atoms with E-state index in [4.69, 9.17) is 9.47 Å². The number of carbonyl (C=O) groups is 1. The molecule has 5 nitrogen and oxygen atoms in total. The third-order valence-corrected chi connectivity index (χ3v) is 4.61. The van der Waals surface area contributed by atoms with Crippen LogP contribution in [-0.4, -0.2) is 10.9 Å². The number of anilines is 1. The SMILES string of the molecule is CCC(=O)Nc1ccc(Oc2ccncc2-c2ccc(Oc3ccccc3)cc2)cc1. The maximum absolute atomic E-state index is 11.5. The first kappa shape index (κ1) is 20.2. The summed E-state index contributed by atoms with van der Waals surface area (Å²) in [5.41, 5.74) is 2.58. The number of hydrogen-bond acceptors (Lipinski definition) is 4. The van der Waals surface area contributed by atoms with Crippen LogP contribution in [0.15, 0.2) is 97.3 Å². The quantitative estimate of drug-likeness (QED) is 0.369. The molecule has 0 aliphatic heterocycles. The summed E-state index contributed by atoms with van der Waals surface area (Å²) in [6.07, 6.45) is 3.91. The lowest BCUT2D eigenvalue weighted by molar-refractivity contribution is -0.115. The first-order valence-electron chi connectivity index (χ1n) is 10.1. The van der Waals surface area contributed by atoms with E-state index in [9.17, 15) is 4.79 Å². The fraction of sp³-hybridized carbons (Fsp3) is 0.0769. The Balaban J connectivity index is 1.50. The Labute approximate surface area is 181 Å². The predicted molar refractivity (Wildman–Crippen MR) is 122 cm³/mol. The molecule has 3 aromatic carbocycles. The smallest absolute Gasteiger partial charge is 0.224 e. The Hall–Kier alpha value is -4.12. The third-order valence-electron chi connectivity index (χ3n) is 4.61. The Morgan fingerprint density at radius 2 is 1.45 bits per heavy atom. The fourth-order valence-electron chi connectivity index (χ4n) is 3.00. The van der Waals surface area contributed by atoms with Crippen molar-refractivity contribution >= 4 is 11.6 Å². The van der Waals surface area contributed by atoms with Gasteiger partial charge in [-0.1, -0.05) is 37.3 Å². The van der Waals surface area contributed by atoms with E-state index < -0.39 is 0 Å². The number of ether oxygens (including phenoxy) is 2. The van der Waals surface area contributed by atoms with E-state index in [1.807, 2.05) is 91.9 Å². The highest BCUT2D eigenvalue weighted by Gasteiger charge is 2.09. The molecule has 0 aliphatic rings. The number of para-hydroxylation sites is 1. The van der Waals surface area contributed by atoms with Crippen LogP contribution in [0, 0.1) is 0 Å². The molecule has 0 atom stereocenters. The second-order valence-corrected chi connectivity index (χ2v) is 6.84. The van der Waals surface area contributed by atoms with E-state index in [2.05, 4.69) is 10.3 Å². The number of nitrogens with zero attached hydrogens (tertiary/aromatic N) is 1. The van der Waals surface area contributed by atoms with Gasteiger partial charge in [0.2, 0.25) is 5.91 Å². The average Bonchev–Trinajstić information content (AvgIpc) is 2.82. The van der Waals surface area contributed by atoms with Crippen LogP contribution < -0.4 is 14.8 Å². The number of nitrogens with one attached hydrogen (secondary N) is 1. The van der Waals surface area contributed by atoms with Gasteiger partial charge in [0.25, 0.3) is 0 Å². The van der Waals surface area contributed by atoms with Crippen LogP contribution in [0.2, 0.25) is 0 Å². The maximum Gasteiger partial charge on any atom is 0.224 e. The molecular weight excluding hydrogens is 388 g/mol. The number of benzene rings is 3. The van der Waals surface area contributed by atoms with Crippen molar-refractivity contribution in [2.45, 2.75) is 13.3 Å². The molecule has 0 saturated heterocycles.